The SMILES string of the molecule is O=C1NCCOc2ccc(S(=O)(=O)Nc3cccc(F)c3)cc21. The lowest BCUT2D eigenvalue weighted by Gasteiger charge is -2.11. The number of sulfonamides is 1. The van der Waals surface area contributed by atoms with E-state index in [0.29, 0.717) is 18.9 Å². The Morgan fingerprint density at radius 1 is 1.17 bits per heavy atom. The number of fused-ring (bicyclic) bond motifs is 1. The van der Waals surface area contributed by atoms with Gasteiger partial charge in [-0.25, -0.2) is 12.8 Å². The van der Waals surface area contributed by atoms with Gasteiger partial charge in [0.25, 0.3) is 15.9 Å². The third kappa shape index (κ3) is 3.26. The van der Waals surface area contributed by atoms with E-state index in [4.69, 9.17) is 4.74 Å². The monoisotopic (exact) mass is 336 g/mol. The standard InChI is InChI=1S/C15H13FN2O4S/c16-10-2-1-3-11(8-10)18-23(20,21)12-4-5-14-13(9-12)15(19)17-6-7-22-14/h1-5,8-9,18H,6-7H2,(H,17,19). The number of halogens is 1. The van der Waals surface area contributed by atoms with Gasteiger partial charge in [0.2, 0.25) is 0 Å². The second-order valence-corrected chi connectivity index (χ2v) is 6.56. The molecule has 2 aromatic rings. The van der Waals surface area contributed by atoms with Gasteiger partial charge in [-0.1, -0.05) is 6.07 Å². The Morgan fingerprint density at radius 2 is 2.00 bits per heavy atom. The summed E-state index contributed by atoms with van der Waals surface area (Å²) in [5, 5.41) is 2.61. The first kappa shape index (κ1) is 15.3. The summed E-state index contributed by atoms with van der Waals surface area (Å²) in [5.74, 6) is -0.634. The van der Waals surface area contributed by atoms with E-state index in [9.17, 15) is 17.6 Å². The van der Waals surface area contributed by atoms with Crippen LogP contribution in [0.3, 0.4) is 0 Å². The first-order valence-electron chi connectivity index (χ1n) is 6.79. The van der Waals surface area contributed by atoms with Crippen molar-refractivity contribution in [2.75, 3.05) is 17.9 Å². The Balaban J connectivity index is 1.96. The number of nitrogens with one attached hydrogen (secondary N) is 2. The van der Waals surface area contributed by atoms with E-state index >= 15 is 0 Å². The van der Waals surface area contributed by atoms with Gasteiger partial charge in [-0.3, -0.25) is 9.52 Å². The van der Waals surface area contributed by atoms with Crippen LogP contribution in [0, 0.1) is 5.82 Å². The molecule has 0 saturated heterocycles. The molecule has 23 heavy (non-hydrogen) atoms. The zero-order valence-electron chi connectivity index (χ0n) is 11.9. The number of rotatable bonds is 3. The quantitative estimate of drug-likeness (QED) is 0.894. The minimum absolute atomic E-state index is 0.0978. The normalized spacial score (nSPS) is 14.2. The number of amides is 1. The Hall–Kier alpha value is -2.61. The van der Waals surface area contributed by atoms with E-state index in [1.54, 1.807) is 0 Å². The molecule has 6 nitrogen and oxygen atoms in total. The molecule has 8 heteroatoms. The third-order valence-electron chi connectivity index (χ3n) is 3.23. The van der Waals surface area contributed by atoms with Crippen molar-refractivity contribution in [1.29, 1.82) is 0 Å². The highest BCUT2D eigenvalue weighted by Gasteiger charge is 2.21. The highest BCUT2D eigenvalue weighted by molar-refractivity contribution is 7.92. The Labute approximate surface area is 132 Å². The summed E-state index contributed by atoms with van der Waals surface area (Å²) in [4.78, 5) is 11.8. The van der Waals surface area contributed by atoms with Crippen molar-refractivity contribution in [3.63, 3.8) is 0 Å². The van der Waals surface area contributed by atoms with Crippen molar-refractivity contribution in [2.24, 2.45) is 0 Å². The van der Waals surface area contributed by atoms with Crippen LogP contribution in [0.4, 0.5) is 10.1 Å². The van der Waals surface area contributed by atoms with Crippen molar-refractivity contribution in [3.05, 3.63) is 53.8 Å². The number of carbonyl (C=O) groups excluding carboxylic acids is 1. The van der Waals surface area contributed by atoms with Crippen LogP contribution in [-0.2, 0) is 10.0 Å². The molecule has 0 aromatic heterocycles. The average molecular weight is 336 g/mol. The van der Waals surface area contributed by atoms with E-state index < -0.39 is 21.7 Å². The lowest BCUT2D eigenvalue weighted by Crippen LogP contribution is -2.24. The number of hydrogen-bond acceptors (Lipinski definition) is 4. The second-order valence-electron chi connectivity index (χ2n) is 4.88. The molecule has 2 N–H and O–H groups in total. The molecule has 120 valence electrons. The highest BCUT2D eigenvalue weighted by atomic mass is 32.2. The summed E-state index contributed by atoms with van der Waals surface area (Å²) in [7, 11) is -3.95. The average Bonchev–Trinajstić information content (AvgIpc) is 2.68. The summed E-state index contributed by atoms with van der Waals surface area (Å²) in [6.45, 7) is 0.656. The molecule has 0 atom stereocenters. The van der Waals surface area contributed by atoms with Gasteiger partial charge in [0.15, 0.2) is 0 Å². The summed E-state index contributed by atoms with van der Waals surface area (Å²) in [6, 6.07) is 9.10. The van der Waals surface area contributed by atoms with E-state index in [1.165, 1.54) is 36.4 Å². The van der Waals surface area contributed by atoms with Crippen LogP contribution in [0.15, 0.2) is 47.4 Å². The molecule has 3 rings (SSSR count). The van der Waals surface area contributed by atoms with Crippen LogP contribution >= 0.6 is 0 Å². The molecule has 1 aliphatic heterocycles. The molecule has 0 radical (unpaired) electrons. The van der Waals surface area contributed by atoms with Gasteiger partial charge < -0.3 is 10.1 Å². The van der Waals surface area contributed by atoms with Crippen molar-refractivity contribution in [2.45, 2.75) is 4.90 Å². The Kier molecular flexibility index (Phi) is 3.91. The molecule has 1 aliphatic rings. The minimum atomic E-state index is -3.95. The molecule has 0 aliphatic carbocycles. The summed E-state index contributed by atoms with van der Waals surface area (Å²) < 4.78 is 45.6. The zero-order valence-corrected chi connectivity index (χ0v) is 12.7. The summed E-state index contributed by atoms with van der Waals surface area (Å²) in [6.07, 6.45) is 0. The van der Waals surface area contributed by atoms with Gasteiger partial charge in [-0.15, -0.1) is 0 Å². The molecule has 0 fully saturated rings. The minimum Gasteiger partial charge on any atom is -0.491 e. The lowest BCUT2D eigenvalue weighted by molar-refractivity contribution is 0.0957. The van der Waals surface area contributed by atoms with Crippen molar-refractivity contribution in [1.82, 2.24) is 5.32 Å². The maximum Gasteiger partial charge on any atom is 0.261 e. The largest absolute Gasteiger partial charge is 0.491 e. The van der Waals surface area contributed by atoms with E-state index in [1.807, 2.05) is 0 Å². The van der Waals surface area contributed by atoms with Crippen molar-refractivity contribution >= 4 is 21.6 Å². The Bertz CT molecular complexity index is 868. The second kappa shape index (κ2) is 5.88. The third-order valence-corrected chi connectivity index (χ3v) is 4.61. The van der Waals surface area contributed by atoms with E-state index in [-0.39, 0.29) is 16.1 Å². The van der Waals surface area contributed by atoms with Crippen LogP contribution in [-0.4, -0.2) is 27.5 Å². The fourth-order valence-electron chi connectivity index (χ4n) is 2.17. The molecule has 2 aromatic carbocycles. The van der Waals surface area contributed by atoms with E-state index in [0.717, 1.165) is 6.07 Å². The summed E-state index contributed by atoms with van der Waals surface area (Å²) >= 11 is 0. The van der Waals surface area contributed by atoms with Crippen LogP contribution < -0.4 is 14.8 Å². The number of hydrogen-bond donors (Lipinski definition) is 2. The molecule has 0 bridgehead atoms. The van der Waals surface area contributed by atoms with Crippen LogP contribution in [0.5, 0.6) is 5.75 Å². The molecular formula is C15H13FN2O4S. The van der Waals surface area contributed by atoms with Gasteiger partial charge in [-0.05, 0) is 36.4 Å². The maximum absolute atomic E-state index is 13.2. The Morgan fingerprint density at radius 3 is 2.78 bits per heavy atom. The van der Waals surface area contributed by atoms with Gasteiger partial charge >= 0.3 is 0 Å². The molecule has 0 spiro atoms. The van der Waals surface area contributed by atoms with Gasteiger partial charge in [0, 0.05) is 0 Å². The number of benzene rings is 2. The van der Waals surface area contributed by atoms with Crippen LogP contribution in [0.25, 0.3) is 0 Å². The fraction of sp³-hybridized carbons (Fsp3) is 0.133. The lowest BCUT2D eigenvalue weighted by atomic mass is 10.2. The molecule has 1 heterocycles. The topological polar surface area (TPSA) is 84.5 Å². The van der Waals surface area contributed by atoms with E-state index in [2.05, 4.69) is 10.0 Å². The number of carbonyl (C=O) groups is 1. The summed E-state index contributed by atoms with van der Waals surface area (Å²) in [5.41, 5.74) is 0.241. The number of anilines is 1. The number of ether oxygens (including phenoxy) is 1. The molecule has 0 unspecified atom stereocenters. The van der Waals surface area contributed by atoms with Crippen LogP contribution in [0.2, 0.25) is 0 Å². The zero-order chi connectivity index (χ0) is 16.4. The van der Waals surface area contributed by atoms with Crippen LogP contribution in [0.1, 0.15) is 10.4 Å². The molecule has 0 saturated carbocycles. The highest BCUT2D eigenvalue weighted by Crippen LogP contribution is 2.25. The predicted octanol–water partition coefficient (Wildman–Crippen LogP) is 1.75. The smallest absolute Gasteiger partial charge is 0.261 e. The first-order chi connectivity index (χ1) is 11.0. The van der Waals surface area contributed by atoms with Gasteiger partial charge in [-0.2, -0.15) is 0 Å². The molecule has 1 amide bonds. The van der Waals surface area contributed by atoms with Gasteiger partial charge in [0.1, 0.15) is 18.2 Å². The fourth-order valence-corrected chi connectivity index (χ4v) is 3.24. The maximum atomic E-state index is 13.2. The predicted molar refractivity (Wildman–Crippen MR) is 81.5 cm³/mol. The van der Waals surface area contributed by atoms with Crippen molar-refractivity contribution in [3.8, 4) is 5.75 Å². The first-order valence-corrected chi connectivity index (χ1v) is 8.27. The van der Waals surface area contributed by atoms with Gasteiger partial charge in [0.05, 0.1) is 22.7 Å². The van der Waals surface area contributed by atoms with Crippen molar-refractivity contribution < 1.29 is 22.3 Å². The molecular weight excluding hydrogens is 323 g/mol.